The first kappa shape index (κ1) is 15.9. The van der Waals surface area contributed by atoms with Crippen LogP contribution < -0.4 is 5.32 Å². The lowest BCUT2D eigenvalue weighted by Crippen LogP contribution is -2.26. The Morgan fingerprint density at radius 2 is 1.79 bits per heavy atom. The van der Waals surface area contributed by atoms with Crippen LogP contribution in [-0.2, 0) is 6.54 Å². The van der Waals surface area contributed by atoms with E-state index in [1.165, 1.54) is 0 Å². The summed E-state index contributed by atoms with van der Waals surface area (Å²) in [6.45, 7) is 4.71. The van der Waals surface area contributed by atoms with Crippen LogP contribution in [0.5, 0.6) is 0 Å². The second-order valence-corrected chi connectivity index (χ2v) is 5.64. The van der Waals surface area contributed by atoms with Gasteiger partial charge < -0.3 is 5.32 Å². The van der Waals surface area contributed by atoms with Crippen LogP contribution >= 0.6 is 0 Å². The zero-order chi connectivity index (χ0) is 16.9. The topological polar surface area (TPSA) is 59.8 Å². The average Bonchev–Trinajstić information content (AvgIpc) is 3.12. The second kappa shape index (κ2) is 7.08. The van der Waals surface area contributed by atoms with Gasteiger partial charge >= 0.3 is 0 Å². The lowest BCUT2D eigenvalue weighted by molar-refractivity contribution is 0.0940. The minimum absolute atomic E-state index is 0.0750. The minimum Gasteiger partial charge on any atom is -0.345 e. The monoisotopic (exact) mass is 320 g/mol. The molecule has 1 N–H and O–H groups in total. The molecular formula is C19H20N4O. The molecule has 1 aromatic carbocycles. The standard InChI is InChI=1S/C19H20N4O/c1-3-23-13-18(12-21-23)19(24)22-14(2)15-4-6-16(7-5-15)17-8-10-20-11-9-17/h4-14H,3H2,1-2H3,(H,22,24)/t14-/m0/s1. The Labute approximate surface area is 141 Å². The van der Waals surface area contributed by atoms with E-state index in [-0.39, 0.29) is 11.9 Å². The molecule has 3 rings (SSSR count). The highest BCUT2D eigenvalue weighted by Crippen LogP contribution is 2.21. The van der Waals surface area contributed by atoms with Gasteiger partial charge in [0.05, 0.1) is 17.8 Å². The molecule has 122 valence electrons. The molecule has 0 radical (unpaired) electrons. The molecule has 0 saturated heterocycles. The maximum Gasteiger partial charge on any atom is 0.254 e. The lowest BCUT2D eigenvalue weighted by Gasteiger charge is -2.14. The molecule has 1 atom stereocenters. The zero-order valence-corrected chi connectivity index (χ0v) is 13.8. The van der Waals surface area contributed by atoms with Crippen molar-refractivity contribution in [2.75, 3.05) is 0 Å². The molecule has 5 heteroatoms. The van der Waals surface area contributed by atoms with Gasteiger partial charge in [0.15, 0.2) is 0 Å². The first-order valence-electron chi connectivity index (χ1n) is 8.01. The number of hydrogen-bond donors (Lipinski definition) is 1. The summed E-state index contributed by atoms with van der Waals surface area (Å²) < 4.78 is 1.74. The maximum atomic E-state index is 12.3. The quantitative estimate of drug-likeness (QED) is 0.783. The molecule has 24 heavy (non-hydrogen) atoms. The van der Waals surface area contributed by atoms with Crippen molar-refractivity contribution in [2.24, 2.45) is 0 Å². The summed E-state index contributed by atoms with van der Waals surface area (Å²) in [4.78, 5) is 16.3. The van der Waals surface area contributed by atoms with E-state index in [9.17, 15) is 4.79 Å². The second-order valence-electron chi connectivity index (χ2n) is 5.64. The maximum absolute atomic E-state index is 12.3. The van der Waals surface area contributed by atoms with Crippen molar-refractivity contribution in [2.45, 2.75) is 26.4 Å². The zero-order valence-electron chi connectivity index (χ0n) is 13.8. The van der Waals surface area contributed by atoms with Crippen LogP contribution in [0.2, 0.25) is 0 Å². The average molecular weight is 320 g/mol. The van der Waals surface area contributed by atoms with E-state index in [4.69, 9.17) is 0 Å². The summed E-state index contributed by atoms with van der Waals surface area (Å²) in [5.74, 6) is -0.111. The van der Waals surface area contributed by atoms with Gasteiger partial charge in [0, 0.05) is 25.1 Å². The number of pyridine rings is 1. The summed E-state index contributed by atoms with van der Waals surface area (Å²) in [6.07, 6.45) is 6.91. The number of hydrogen-bond acceptors (Lipinski definition) is 3. The van der Waals surface area contributed by atoms with Crippen LogP contribution in [0.25, 0.3) is 11.1 Å². The number of amides is 1. The highest BCUT2D eigenvalue weighted by molar-refractivity contribution is 5.93. The summed E-state index contributed by atoms with van der Waals surface area (Å²) in [6, 6.07) is 12.1. The van der Waals surface area contributed by atoms with E-state index in [0.717, 1.165) is 23.2 Å². The fourth-order valence-corrected chi connectivity index (χ4v) is 2.53. The summed E-state index contributed by atoms with van der Waals surface area (Å²) >= 11 is 0. The Morgan fingerprint density at radius 3 is 2.42 bits per heavy atom. The van der Waals surface area contributed by atoms with Crippen LogP contribution in [0.3, 0.4) is 0 Å². The van der Waals surface area contributed by atoms with Crippen molar-refractivity contribution >= 4 is 5.91 Å². The van der Waals surface area contributed by atoms with Crippen molar-refractivity contribution in [1.29, 1.82) is 0 Å². The molecule has 2 aromatic heterocycles. The van der Waals surface area contributed by atoms with Gasteiger partial charge in [-0.25, -0.2) is 0 Å². The number of benzene rings is 1. The van der Waals surface area contributed by atoms with Gasteiger partial charge in [0.25, 0.3) is 5.91 Å². The molecule has 0 aliphatic rings. The SMILES string of the molecule is CCn1cc(C(=O)N[C@@H](C)c2ccc(-c3ccncc3)cc2)cn1. The number of rotatable bonds is 5. The molecule has 0 aliphatic carbocycles. The number of carbonyl (C=O) groups is 1. The third kappa shape index (κ3) is 3.51. The molecule has 2 heterocycles. The Hall–Kier alpha value is -2.95. The van der Waals surface area contributed by atoms with Crippen molar-refractivity contribution < 1.29 is 4.79 Å². The number of aromatic nitrogens is 3. The third-order valence-electron chi connectivity index (χ3n) is 3.99. The molecule has 0 bridgehead atoms. The van der Waals surface area contributed by atoms with Crippen LogP contribution in [0, 0.1) is 0 Å². The molecule has 5 nitrogen and oxygen atoms in total. The Balaban J connectivity index is 1.68. The number of carbonyl (C=O) groups excluding carboxylic acids is 1. The molecule has 3 aromatic rings. The van der Waals surface area contributed by atoms with E-state index >= 15 is 0 Å². The molecule has 0 saturated carbocycles. The summed E-state index contributed by atoms with van der Waals surface area (Å²) in [5, 5.41) is 7.14. The van der Waals surface area contributed by atoms with E-state index in [1.54, 1.807) is 29.5 Å². The minimum atomic E-state index is -0.111. The van der Waals surface area contributed by atoms with Crippen LogP contribution in [0.1, 0.15) is 35.8 Å². The largest absolute Gasteiger partial charge is 0.345 e. The molecule has 0 aliphatic heterocycles. The molecule has 0 spiro atoms. The van der Waals surface area contributed by atoms with E-state index in [1.807, 2.05) is 38.1 Å². The highest BCUT2D eigenvalue weighted by Gasteiger charge is 2.13. The van der Waals surface area contributed by atoms with E-state index in [0.29, 0.717) is 5.56 Å². The van der Waals surface area contributed by atoms with Crippen molar-refractivity contribution in [3.8, 4) is 11.1 Å². The number of aryl methyl sites for hydroxylation is 1. The van der Waals surface area contributed by atoms with Gasteiger partial charge in [0.1, 0.15) is 0 Å². The van der Waals surface area contributed by atoms with E-state index in [2.05, 4.69) is 27.5 Å². The Morgan fingerprint density at radius 1 is 1.12 bits per heavy atom. The van der Waals surface area contributed by atoms with Gasteiger partial charge in [-0.1, -0.05) is 24.3 Å². The van der Waals surface area contributed by atoms with E-state index < -0.39 is 0 Å². The van der Waals surface area contributed by atoms with Gasteiger partial charge in [0.2, 0.25) is 0 Å². The highest BCUT2D eigenvalue weighted by atomic mass is 16.1. The molecule has 0 fully saturated rings. The normalized spacial score (nSPS) is 11.9. The first-order chi connectivity index (χ1) is 11.7. The molecular weight excluding hydrogens is 300 g/mol. The fourth-order valence-electron chi connectivity index (χ4n) is 2.53. The predicted molar refractivity (Wildman–Crippen MR) is 93.5 cm³/mol. The number of nitrogens with one attached hydrogen (secondary N) is 1. The fraction of sp³-hybridized carbons (Fsp3) is 0.211. The predicted octanol–water partition coefficient (Wildman–Crippen LogP) is 3.46. The Kier molecular flexibility index (Phi) is 4.70. The lowest BCUT2D eigenvalue weighted by atomic mass is 10.0. The van der Waals surface area contributed by atoms with Crippen molar-refractivity contribution in [3.63, 3.8) is 0 Å². The third-order valence-corrected chi connectivity index (χ3v) is 3.99. The Bertz CT molecular complexity index is 809. The summed E-state index contributed by atoms with van der Waals surface area (Å²) in [5.41, 5.74) is 3.89. The van der Waals surface area contributed by atoms with Gasteiger partial charge in [-0.2, -0.15) is 5.10 Å². The van der Waals surface area contributed by atoms with Crippen LogP contribution in [0.15, 0.2) is 61.2 Å². The smallest absolute Gasteiger partial charge is 0.254 e. The molecule has 1 amide bonds. The van der Waals surface area contributed by atoms with Crippen molar-refractivity contribution in [3.05, 3.63) is 72.3 Å². The van der Waals surface area contributed by atoms with Gasteiger partial charge in [-0.3, -0.25) is 14.5 Å². The number of nitrogens with zero attached hydrogens (tertiary/aromatic N) is 3. The van der Waals surface area contributed by atoms with Gasteiger partial charge in [-0.15, -0.1) is 0 Å². The van der Waals surface area contributed by atoms with Crippen LogP contribution in [-0.4, -0.2) is 20.7 Å². The van der Waals surface area contributed by atoms with Crippen LogP contribution in [0.4, 0.5) is 0 Å². The van der Waals surface area contributed by atoms with Crippen molar-refractivity contribution in [1.82, 2.24) is 20.1 Å². The molecule has 0 unspecified atom stereocenters. The summed E-state index contributed by atoms with van der Waals surface area (Å²) in [7, 11) is 0. The van der Waals surface area contributed by atoms with Gasteiger partial charge in [-0.05, 0) is 42.7 Å². The first-order valence-corrected chi connectivity index (χ1v) is 8.01.